The van der Waals surface area contributed by atoms with Gasteiger partial charge in [0.1, 0.15) is 6.10 Å². The Labute approximate surface area is 104 Å². The van der Waals surface area contributed by atoms with Gasteiger partial charge < -0.3 is 15.3 Å². The maximum absolute atomic E-state index is 12.0. The number of aliphatic hydroxyl groups is 1. The second kappa shape index (κ2) is 7.25. The largest absolute Gasteiger partial charge is 0.385 e. The van der Waals surface area contributed by atoms with Gasteiger partial charge >= 0.3 is 0 Å². The highest BCUT2D eigenvalue weighted by Crippen LogP contribution is 2.10. The van der Waals surface area contributed by atoms with Crippen molar-refractivity contribution in [2.45, 2.75) is 38.2 Å². The number of nitrogens with zero attached hydrogens (tertiary/aromatic N) is 1. The van der Waals surface area contributed by atoms with E-state index in [9.17, 15) is 18.4 Å². The summed E-state index contributed by atoms with van der Waals surface area (Å²) in [6.45, 7) is -0.114. The third-order valence-electron chi connectivity index (χ3n) is 2.81. The minimum atomic E-state index is -2.88. The second-order valence-electron chi connectivity index (χ2n) is 4.33. The number of amides is 2. The topological polar surface area (TPSA) is 69.6 Å². The van der Waals surface area contributed by atoms with Crippen LogP contribution in [0.1, 0.15) is 25.7 Å². The highest BCUT2D eigenvalue weighted by Gasteiger charge is 2.21. The average Bonchev–Trinajstić information content (AvgIpc) is 2.52. The van der Waals surface area contributed by atoms with Crippen LogP contribution < -0.4 is 5.32 Å². The Bertz CT molecular complexity index is 300. The number of halogens is 2. The molecule has 0 aromatic carbocycles. The highest BCUT2D eigenvalue weighted by molar-refractivity contribution is 5.84. The molecule has 2 N–H and O–H groups in total. The average molecular weight is 264 g/mol. The molecule has 1 fully saturated rings. The van der Waals surface area contributed by atoms with Gasteiger partial charge in [-0.3, -0.25) is 9.59 Å². The Morgan fingerprint density at radius 3 is 2.78 bits per heavy atom. The quantitative estimate of drug-likeness (QED) is 0.741. The van der Waals surface area contributed by atoms with Gasteiger partial charge in [-0.1, -0.05) is 6.42 Å². The summed E-state index contributed by atoms with van der Waals surface area (Å²) in [5, 5.41) is 11.0. The SMILES string of the molecule is O=C(CN1CCCCCC1=O)NCC(O)C(F)F. The van der Waals surface area contributed by atoms with Crippen molar-refractivity contribution in [3.63, 3.8) is 0 Å². The molecule has 0 saturated carbocycles. The monoisotopic (exact) mass is 264 g/mol. The molecule has 7 heteroatoms. The summed E-state index contributed by atoms with van der Waals surface area (Å²) in [5.74, 6) is -0.609. The van der Waals surface area contributed by atoms with Crippen LogP contribution in [0, 0.1) is 0 Å². The molecule has 0 spiro atoms. The van der Waals surface area contributed by atoms with Crippen LogP contribution in [0.3, 0.4) is 0 Å². The van der Waals surface area contributed by atoms with Gasteiger partial charge in [-0.25, -0.2) is 8.78 Å². The summed E-state index contributed by atoms with van der Waals surface area (Å²) >= 11 is 0. The van der Waals surface area contributed by atoms with E-state index in [0.717, 1.165) is 19.3 Å². The lowest BCUT2D eigenvalue weighted by Gasteiger charge is -2.20. The predicted molar refractivity (Wildman–Crippen MR) is 60.1 cm³/mol. The summed E-state index contributed by atoms with van der Waals surface area (Å²) in [5.41, 5.74) is 0. The predicted octanol–water partition coefficient (Wildman–Crippen LogP) is 0.131. The molecule has 1 aliphatic heterocycles. The van der Waals surface area contributed by atoms with Crippen molar-refractivity contribution in [2.75, 3.05) is 19.6 Å². The molecule has 104 valence electrons. The van der Waals surface area contributed by atoms with Gasteiger partial charge in [-0.15, -0.1) is 0 Å². The van der Waals surface area contributed by atoms with Crippen molar-refractivity contribution < 1.29 is 23.5 Å². The van der Waals surface area contributed by atoms with Crippen molar-refractivity contribution >= 4 is 11.8 Å². The van der Waals surface area contributed by atoms with E-state index in [1.54, 1.807) is 0 Å². The van der Waals surface area contributed by atoms with E-state index in [0.29, 0.717) is 13.0 Å². The Morgan fingerprint density at radius 1 is 1.39 bits per heavy atom. The number of alkyl halides is 2. The molecule has 1 heterocycles. The number of nitrogens with one attached hydrogen (secondary N) is 1. The van der Waals surface area contributed by atoms with Crippen LogP contribution in [-0.2, 0) is 9.59 Å². The number of carbonyl (C=O) groups excluding carboxylic acids is 2. The number of likely N-dealkylation sites (tertiary alicyclic amines) is 1. The molecule has 2 amide bonds. The van der Waals surface area contributed by atoms with Crippen molar-refractivity contribution in [3.8, 4) is 0 Å². The van der Waals surface area contributed by atoms with Crippen LogP contribution in [0.2, 0.25) is 0 Å². The molecule has 1 saturated heterocycles. The Balaban J connectivity index is 2.32. The lowest BCUT2D eigenvalue weighted by atomic mass is 10.2. The van der Waals surface area contributed by atoms with Gasteiger partial charge in [0.05, 0.1) is 6.54 Å². The molecular weight excluding hydrogens is 246 g/mol. The standard InChI is InChI=1S/C11H18F2N2O3/c12-11(13)8(16)6-14-9(17)7-15-5-3-1-2-4-10(15)18/h8,11,16H,1-7H2,(H,14,17). The van der Waals surface area contributed by atoms with Crippen LogP contribution in [0.25, 0.3) is 0 Å². The minimum absolute atomic E-state index is 0.0861. The van der Waals surface area contributed by atoms with Crippen LogP contribution in [-0.4, -0.2) is 54.0 Å². The van der Waals surface area contributed by atoms with Crippen LogP contribution in [0.5, 0.6) is 0 Å². The molecule has 0 bridgehead atoms. The summed E-state index contributed by atoms with van der Waals surface area (Å²) in [4.78, 5) is 24.4. The molecule has 1 atom stereocenters. The fourth-order valence-electron chi connectivity index (χ4n) is 1.74. The first-order chi connectivity index (χ1) is 8.50. The zero-order valence-corrected chi connectivity index (χ0v) is 10.1. The summed E-state index contributed by atoms with van der Waals surface area (Å²) < 4.78 is 24.0. The molecular formula is C11H18F2N2O3. The highest BCUT2D eigenvalue weighted by atomic mass is 19.3. The number of hydrogen-bond donors (Lipinski definition) is 2. The second-order valence-corrected chi connectivity index (χ2v) is 4.33. The van der Waals surface area contributed by atoms with Crippen molar-refractivity contribution in [3.05, 3.63) is 0 Å². The Kier molecular flexibility index (Phi) is 5.97. The molecule has 0 aromatic rings. The van der Waals surface area contributed by atoms with E-state index in [1.807, 2.05) is 0 Å². The smallest absolute Gasteiger partial charge is 0.265 e. The number of aliphatic hydroxyl groups excluding tert-OH is 1. The molecule has 1 rings (SSSR count). The van der Waals surface area contributed by atoms with Crippen LogP contribution in [0.4, 0.5) is 8.78 Å². The maximum atomic E-state index is 12.0. The van der Waals surface area contributed by atoms with Gasteiger partial charge in [0.2, 0.25) is 11.8 Å². The fourth-order valence-corrected chi connectivity index (χ4v) is 1.74. The number of hydrogen-bond acceptors (Lipinski definition) is 3. The summed E-state index contributed by atoms with van der Waals surface area (Å²) in [6, 6.07) is 0. The van der Waals surface area contributed by atoms with E-state index in [1.165, 1.54) is 4.90 Å². The van der Waals surface area contributed by atoms with E-state index in [4.69, 9.17) is 5.11 Å². The zero-order chi connectivity index (χ0) is 13.5. The first-order valence-corrected chi connectivity index (χ1v) is 6.01. The molecule has 1 aliphatic rings. The summed E-state index contributed by atoms with van der Waals surface area (Å²) in [6.07, 6.45) is -1.71. The molecule has 0 aromatic heterocycles. The van der Waals surface area contributed by atoms with Gasteiger partial charge in [0.25, 0.3) is 6.43 Å². The van der Waals surface area contributed by atoms with Crippen LogP contribution >= 0.6 is 0 Å². The first-order valence-electron chi connectivity index (χ1n) is 6.01. The molecule has 5 nitrogen and oxygen atoms in total. The van der Waals surface area contributed by atoms with Crippen molar-refractivity contribution in [1.82, 2.24) is 10.2 Å². The van der Waals surface area contributed by atoms with E-state index in [2.05, 4.69) is 5.32 Å². The Morgan fingerprint density at radius 2 is 2.11 bits per heavy atom. The molecule has 18 heavy (non-hydrogen) atoms. The minimum Gasteiger partial charge on any atom is -0.385 e. The van der Waals surface area contributed by atoms with Crippen molar-refractivity contribution in [2.24, 2.45) is 0 Å². The number of rotatable bonds is 5. The molecule has 0 aliphatic carbocycles. The third kappa shape index (κ3) is 4.95. The lowest BCUT2D eigenvalue weighted by molar-refractivity contribution is -0.135. The van der Waals surface area contributed by atoms with Crippen LogP contribution in [0.15, 0.2) is 0 Å². The fraction of sp³-hybridized carbons (Fsp3) is 0.818. The first kappa shape index (κ1) is 14.8. The normalized spacial score (nSPS) is 18.7. The maximum Gasteiger partial charge on any atom is 0.265 e. The van der Waals surface area contributed by atoms with E-state index < -0.39 is 25.0 Å². The van der Waals surface area contributed by atoms with Gasteiger partial charge in [0.15, 0.2) is 0 Å². The van der Waals surface area contributed by atoms with Gasteiger partial charge in [-0.2, -0.15) is 0 Å². The molecule has 0 radical (unpaired) electrons. The lowest BCUT2D eigenvalue weighted by Crippen LogP contribution is -2.43. The van der Waals surface area contributed by atoms with Crippen molar-refractivity contribution in [1.29, 1.82) is 0 Å². The van der Waals surface area contributed by atoms with E-state index in [-0.39, 0.29) is 12.5 Å². The van der Waals surface area contributed by atoms with Gasteiger partial charge in [0, 0.05) is 19.5 Å². The van der Waals surface area contributed by atoms with E-state index >= 15 is 0 Å². The van der Waals surface area contributed by atoms with Gasteiger partial charge in [-0.05, 0) is 12.8 Å². The summed E-state index contributed by atoms with van der Waals surface area (Å²) in [7, 11) is 0. The molecule has 1 unspecified atom stereocenters. The zero-order valence-electron chi connectivity index (χ0n) is 10.1. The Hall–Kier alpha value is -1.24. The third-order valence-corrected chi connectivity index (χ3v) is 2.81. The number of carbonyl (C=O) groups is 2.